The summed E-state index contributed by atoms with van der Waals surface area (Å²) in [5, 5.41) is 14.4. The number of anilines is 1. The van der Waals surface area contributed by atoms with E-state index in [9.17, 15) is 5.11 Å². The molecule has 3 fully saturated rings. The summed E-state index contributed by atoms with van der Waals surface area (Å²) in [6.45, 7) is 12.1. The lowest BCUT2D eigenvalue weighted by molar-refractivity contribution is -0.127. The highest BCUT2D eigenvalue weighted by Crippen LogP contribution is 2.46. The SMILES string of the molecule is Cc1nc(C2CCNCC2)cc(N2C[C@@]3(C)CN(C)C[C@](C)(C2)C3O)n1. The Labute approximate surface area is 157 Å². The maximum atomic E-state index is 11.0. The zero-order chi connectivity index (χ0) is 18.5. The third kappa shape index (κ3) is 3.12. The van der Waals surface area contributed by atoms with E-state index in [1.54, 1.807) is 0 Å². The zero-order valence-corrected chi connectivity index (χ0v) is 16.6. The van der Waals surface area contributed by atoms with Crippen molar-refractivity contribution in [1.29, 1.82) is 0 Å². The summed E-state index contributed by atoms with van der Waals surface area (Å²) < 4.78 is 0. The van der Waals surface area contributed by atoms with Gasteiger partial charge in [0, 0.05) is 54.7 Å². The van der Waals surface area contributed by atoms with Crippen molar-refractivity contribution in [2.24, 2.45) is 10.8 Å². The van der Waals surface area contributed by atoms with Gasteiger partial charge in [-0.3, -0.25) is 0 Å². The smallest absolute Gasteiger partial charge is 0.132 e. The van der Waals surface area contributed by atoms with Crippen LogP contribution in [0, 0.1) is 17.8 Å². The van der Waals surface area contributed by atoms with Gasteiger partial charge >= 0.3 is 0 Å². The van der Waals surface area contributed by atoms with Crippen LogP contribution in [0.2, 0.25) is 0 Å². The highest BCUT2D eigenvalue weighted by atomic mass is 16.3. The zero-order valence-electron chi connectivity index (χ0n) is 16.6. The van der Waals surface area contributed by atoms with Crippen molar-refractivity contribution < 1.29 is 5.11 Å². The molecule has 2 N–H and O–H groups in total. The Morgan fingerprint density at radius 2 is 1.69 bits per heavy atom. The van der Waals surface area contributed by atoms with Crippen LogP contribution >= 0.6 is 0 Å². The molecule has 0 radical (unpaired) electrons. The van der Waals surface area contributed by atoms with Gasteiger partial charge in [0.25, 0.3) is 0 Å². The summed E-state index contributed by atoms with van der Waals surface area (Å²) in [6.07, 6.45) is 2.03. The minimum Gasteiger partial charge on any atom is -0.392 e. The van der Waals surface area contributed by atoms with Gasteiger partial charge in [-0.05, 0) is 39.9 Å². The molecule has 3 aliphatic rings. The number of aliphatic hydroxyl groups excluding tert-OH is 1. The third-order valence-electron chi connectivity index (χ3n) is 6.61. The van der Waals surface area contributed by atoms with Gasteiger partial charge in [0.15, 0.2) is 0 Å². The largest absolute Gasteiger partial charge is 0.392 e. The predicted octanol–water partition coefficient (Wildman–Crippen LogP) is 1.39. The molecule has 0 amide bonds. The maximum Gasteiger partial charge on any atom is 0.132 e. The molecule has 0 spiro atoms. The number of fused-ring (bicyclic) bond motifs is 2. The van der Waals surface area contributed by atoms with Crippen LogP contribution in [0.25, 0.3) is 0 Å². The number of aliphatic hydroxyl groups is 1. The summed E-state index contributed by atoms with van der Waals surface area (Å²) in [5.74, 6) is 2.43. The van der Waals surface area contributed by atoms with Crippen LogP contribution in [-0.2, 0) is 0 Å². The van der Waals surface area contributed by atoms with Crippen molar-refractivity contribution in [2.75, 3.05) is 51.2 Å². The first-order valence-corrected chi connectivity index (χ1v) is 9.97. The Hall–Kier alpha value is -1.24. The molecule has 1 aromatic rings. The molecule has 2 bridgehead atoms. The number of aromatic nitrogens is 2. The fourth-order valence-electron chi connectivity index (χ4n) is 5.73. The lowest BCUT2D eigenvalue weighted by Crippen LogP contribution is -2.69. The minimum atomic E-state index is -0.269. The Kier molecular flexibility index (Phi) is 4.48. The number of hydrogen-bond acceptors (Lipinski definition) is 6. The summed E-state index contributed by atoms with van der Waals surface area (Å²) in [7, 11) is 2.17. The molecule has 3 aliphatic heterocycles. The number of likely N-dealkylation sites (tertiary alicyclic amines) is 1. The molecule has 4 rings (SSSR count). The maximum absolute atomic E-state index is 11.0. The van der Waals surface area contributed by atoms with Crippen molar-refractivity contribution in [3.05, 3.63) is 17.6 Å². The summed E-state index contributed by atoms with van der Waals surface area (Å²) in [5.41, 5.74) is 0.930. The monoisotopic (exact) mass is 359 g/mol. The van der Waals surface area contributed by atoms with Gasteiger partial charge in [0.2, 0.25) is 0 Å². The van der Waals surface area contributed by atoms with E-state index in [4.69, 9.17) is 9.97 Å². The van der Waals surface area contributed by atoms with Crippen molar-refractivity contribution in [1.82, 2.24) is 20.2 Å². The first-order valence-electron chi connectivity index (χ1n) is 9.97. The quantitative estimate of drug-likeness (QED) is 0.832. The van der Waals surface area contributed by atoms with E-state index in [0.717, 1.165) is 63.8 Å². The van der Waals surface area contributed by atoms with Crippen LogP contribution in [0.15, 0.2) is 6.07 Å². The van der Waals surface area contributed by atoms with Crippen LogP contribution in [0.4, 0.5) is 5.82 Å². The molecule has 6 nitrogen and oxygen atoms in total. The Morgan fingerprint density at radius 1 is 1.08 bits per heavy atom. The Bertz CT molecular complexity index is 654. The number of piperidine rings is 3. The van der Waals surface area contributed by atoms with E-state index >= 15 is 0 Å². The minimum absolute atomic E-state index is 0.131. The third-order valence-corrected chi connectivity index (χ3v) is 6.61. The second-order valence-corrected chi connectivity index (χ2v) is 9.46. The van der Waals surface area contributed by atoms with Crippen molar-refractivity contribution >= 4 is 5.82 Å². The molecule has 1 aromatic heterocycles. The standard InChI is InChI=1S/C20H33N5O/c1-14-22-16(15-5-7-21-8-6-15)9-17(23-14)25-12-19(2)10-24(4)11-20(3,13-25)18(19)26/h9,15,18,21,26H,5-8,10-13H2,1-4H3/t19-,20-/m1/s1. The van der Waals surface area contributed by atoms with Gasteiger partial charge in [-0.1, -0.05) is 13.8 Å². The molecular weight excluding hydrogens is 326 g/mol. The number of rotatable bonds is 2. The number of nitrogens with one attached hydrogen (secondary N) is 1. The molecule has 6 heteroatoms. The lowest BCUT2D eigenvalue weighted by atomic mass is 9.63. The summed E-state index contributed by atoms with van der Waals surface area (Å²) in [4.78, 5) is 14.3. The number of aryl methyl sites for hydroxylation is 1. The van der Waals surface area contributed by atoms with Gasteiger partial charge < -0.3 is 20.2 Å². The van der Waals surface area contributed by atoms with Crippen LogP contribution in [-0.4, -0.2) is 72.4 Å². The molecular formula is C20H33N5O. The molecule has 3 saturated heterocycles. The molecule has 0 aromatic carbocycles. The normalized spacial score (nSPS) is 36.3. The molecule has 0 aliphatic carbocycles. The Morgan fingerprint density at radius 3 is 2.31 bits per heavy atom. The molecule has 144 valence electrons. The molecule has 0 saturated carbocycles. The average molecular weight is 360 g/mol. The lowest BCUT2D eigenvalue weighted by Gasteiger charge is -2.59. The average Bonchev–Trinajstić information content (AvgIpc) is 2.58. The first kappa shape index (κ1) is 18.1. The van der Waals surface area contributed by atoms with E-state index in [-0.39, 0.29) is 16.9 Å². The summed E-state index contributed by atoms with van der Waals surface area (Å²) >= 11 is 0. The van der Waals surface area contributed by atoms with Gasteiger partial charge in [-0.25, -0.2) is 9.97 Å². The number of nitrogens with zero attached hydrogens (tertiary/aromatic N) is 4. The Balaban J connectivity index is 1.64. The molecule has 4 heterocycles. The fraction of sp³-hybridized carbons (Fsp3) is 0.800. The molecule has 0 unspecified atom stereocenters. The van der Waals surface area contributed by atoms with Gasteiger partial charge in [-0.2, -0.15) is 0 Å². The highest BCUT2D eigenvalue weighted by Gasteiger charge is 2.55. The predicted molar refractivity (Wildman–Crippen MR) is 104 cm³/mol. The second-order valence-electron chi connectivity index (χ2n) is 9.46. The van der Waals surface area contributed by atoms with Crippen molar-refractivity contribution in [2.45, 2.75) is 45.6 Å². The van der Waals surface area contributed by atoms with Crippen LogP contribution in [0.5, 0.6) is 0 Å². The fourth-order valence-corrected chi connectivity index (χ4v) is 5.73. The molecule has 2 atom stereocenters. The van der Waals surface area contributed by atoms with E-state index < -0.39 is 0 Å². The highest BCUT2D eigenvalue weighted by molar-refractivity contribution is 5.43. The topological polar surface area (TPSA) is 64.5 Å². The van der Waals surface area contributed by atoms with E-state index in [2.05, 4.69) is 42.1 Å². The van der Waals surface area contributed by atoms with Crippen molar-refractivity contribution in [3.8, 4) is 0 Å². The van der Waals surface area contributed by atoms with Gasteiger partial charge in [-0.15, -0.1) is 0 Å². The second kappa shape index (κ2) is 6.43. The summed E-state index contributed by atoms with van der Waals surface area (Å²) in [6, 6.07) is 2.22. The first-order chi connectivity index (χ1) is 12.3. The van der Waals surface area contributed by atoms with Crippen molar-refractivity contribution in [3.63, 3.8) is 0 Å². The van der Waals surface area contributed by atoms with E-state index in [0.29, 0.717) is 5.92 Å². The van der Waals surface area contributed by atoms with Gasteiger partial charge in [0.05, 0.1) is 6.10 Å². The molecule has 26 heavy (non-hydrogen) atoms. The van der Waals surface area contributed by atoms with E-state index in [1.165, 1.54) is 5.69 Å². The van der Waals surface area contributed by atoms with Crippen LogP contribution in [0.3, 0.4) is 0 Å². The number of hydrogen-bond donors (Lipinski definition) is 2. The van der Waals surface area contributed by atoms with Crippen LogP contribution in [0.1, 0.15) is 44.1 Å². The van der Waals surface area contributed by atoms with Crippen LogP contribution < -0.4 is 10.2 Å². The van der Waals surface area contributed by atoms with E-state index in [1.807, 2.05) is 6.92 Å². The van der Waals surface area contributed by atoms with Gasteiger partial charge in [0.1, 0.15) is 11.6 Å².